The van der Waals surface area contributed by atoms with Gasteiger partial charge in [0, 0.05) is 13.0 Å². The van der Waals surface area contributed by atoms with Gasteiger partial charge in [0.25, 0.3) is 0 Å². The Labute approximate surface area is 130 Å². The van der Waals surface area contributed by atoms with Gasteiger partial charge in [-0.25, -0.2) is 0 Å². The Hall–Kier alpha value is -1.13. The van der Waals surface area contributed by atoms with Gasteiger partial charge in [-0.2, -0.15) is 0 Å². The molecule has 4 heteroatoms. The fraction of sp³-hybridized carbons (Fsp3) is 0.588. The van der Waals surface area contributed by atoms with E-state index in [0.29, 0.717) is 19.6 Å². The maximum atomic E-state index is 12.1. The van der Waals surface area contributed by atoms with Crippen molar-refractivity contribution in [3.05, 3.63) is 35.9 Å². The average molecular weight is 305 g/mol. The fourth-order valence-corrected chi connectivity index (χ4v) is 3.48. The van der Waals surface area contributed by atoms with Crippen LogP contribution in [0.3, 0.4) is 0 Å². The van der Waals surface area contributed by atoms with Crippen molar-refractivity contribution in [3.63, 3.8) is 0 Å². The van der Waals surface area contributed by atoms with Crippen molar-refractivity contribution in [2.75, 3.05) is 6.61 Å². The van der Waals surface area contributed by atoms with Gasteiger partial charge in [-0.05, 0) is 23.6 Å². The van der Waals surface area contributed by atoms with Crippen LogP contribution >= 0.6 is 0 Å². The lowest BCUT2D eigenvalue weighted by molar-refractivity contribution is -0.129. The van der Waals surface area contributed by atoms with Gasteiger partial charge in [0.2, 0.25) is 5.91 Å². The fourth-order valence-electron chi connectivity index (χ4n) is 2.47. The van der Waals surface area contributed by atoms with E-state index in [1.165, 1.54) is 5.56 Å². The van der Waals surface area contributed by atoms with Gasteiger partial charge in [0.1, 0.15) is 0 Å². The van der Waals surface area contributed by atoms with E-state index in [0.717, 1.165) is 6.42 Å². The molecule has 1 unspecified atom stereocenters. The second kappa shape index (κ2) is 6.75. The lowest BCUT2D eigenvalue weighted by Crippen LogP contribution is -2.38. The second-order valence-electron chi connectivity index (χ2n) is 7.04. The van der Waals surface area contributed by atoms with Gasteiger partial charge < -0.3 is 9.33 Å². The maximum absolute atomic E-state index is 12.1. The third-order valence-electron chi connectivity index (χ3n) is 4.41. The standard InChI is InChI=1S/C17H27NO2Si/c1-17(2,3)21(4)20-13-15-10-11-16(19)18(15)12-14-8-6-5-7-9-14/h5-9,15,21H,10-13H2,1-4H3/t15-,21?/m0/s1. The molecule has 0 saturated carbocycles. The van der Waals surface area contributed by atoms with Crippen LogP contribution in [0.2, 0.25) is 11.6 Å². The van der Waals surface area contributed by atoms with Gasteiger partial charge in [-0.15, -0.1) is 0 Å². The summed E-state index contributed by atoms with van der Waals surface area (Å²) in [5, 5.41) is 0.271. The predicted molar refractivity (Wildman–Crippen MR) is 88.7 cm³/mol. The number of hydrogen-bond acceptors (Lipinski definition) is 2. The van der Waals surface area contributed by atoms with E-state index in [-0.39, 0.29) is 17.0 Å². The minimum atomic E-state index is -1.22. The average Bonchev–Trinajstić information content (AvgIpc) is 2.77. The van der Waals surface area contributed by atoms with Crippen molar-refractivity contribution in [1.82, 2.24) is 4.90 Å². The molecule has 1 aliphatic rings. The molecule has 1 amide bonds. The summed E-state index contributed by atoms with van der Waals surface area (Å²) < 4.78 is 6.15. The zero-order valence-corrected chi connectivity index (χ0v) is 14.8. The Morgan fingerprint density at radius 3 is 2.57 bits per heavy atom. The summed E-state index contributed by atoms with van der Waals surface area (Å²) in [5.74, 6) is 0.262. The Morgan fingerprint density at radius 2 is 1.95 bits per heavy atom. The van der Waals surface area contributed by atoms with Gasteiger partial charge in [0.05, 0.1) is 12.6 Å². The van der Waals surface area contributed by atoms with E-state index < -0.39 is 9.04 Å². The smallest absolute Gasteiger partial charge is 0.223 e. The molecule has 2 atom stereocenters. The SMILES string of the molecule is C[SiH](OC[C@@H]1CCC(=O)N1Cc1ccccc1)C(C)(C)C. The lowest BCUT2D eigenvalue weighted by atomic mass is 10.2. The first kappa shape index (κ1) is 16.2. The molecule has 116 valence electrons. The van der Waals surface area contributed by atoms with Crippen LogP contribution in [-0.4, -0.2) is 32.5 Å². The summed E-state index contributed by atoms with van der Waals surface area (Å²) in [4.78, 5) is 14.1. The van der Waals surface area contributed by atoms with Gasteiger partial charge >= 0.3 is 0 Å². The number of carbonyl (C=O) groups excluding carboxylic acids is 1. The Bertz CT molecular complexity index is 469. The highest BCUT2D eigenvalue weighted by Gasteiger charge is 2.32. The highest BCUT2D eigenvalue weighted by Crippen LogP contribution is 2.28. The minimum Gasteiger partial charge on any atom is -0.418 e. The molecule has 21 heavy (non-hydrogen) atoms. The molecule has 0 aromatic heterocycles. The molecule has 0 N–H and O–H groups in total. The molecule has 3 nitrogen and oxygen atoms in total. The number of benzene rings is 1. The lowest BCUT2D eigenvalue weighted by Gasteiger charge is -2.30. The molecule has 1 fully saturated rings. The number of hydrogen-bond donors (Lipinski definition) is 0. The van der Waals surface area contributed by atoms with Crippen molar-refractivity contribution in [2.45, 2.75) is 57.8 Å². The number of likely N-dealkylation sites (tertiary alicyclic amines) is 1. The van der Waals surface area contributed by atoms with E-state index in [2.05, 4.69) is 39.5 Å². The first-order valence-corrected chi connectivity index (χ1v) is 10.0. The van der Waals surface area contributed by atoms with Crippen LogP contribution in [0.4, 0.5) is 0 Å². The zero-order valence-electron chi connectivity index (χ0n) is 13.6. The van der Waals surface area contributed by atoms with Crippen molar-refractivity contribution in [1.29, 1.82) is 0 Å². The van der Waals surface area contributed by atoms with Crippen LogP contribution in [0.25, 0.3) is 0 Å². The molecule has 1 saturated heterocycles. The second-order valence-corrected chi connectivity index (χ2v) is 10.4. The first-order chi connectivity index (χ1) is 9.88. The van der Waals surface area contributed by atoms with Gasteiger partial charge in [-0.1, -0.05) is 51.1 Å². The van der Waals surface area contributed by atoms with Crippen LogP contribution in [-0.2, 0) is 15.8 Å². The number of rotatable bonds is 5. The van der Waals surface area contributed by atoms with E-state index in [4.69, 9.17) is 4.43 Å². The molecular formula is C17H27NO2Si. The normalized spacial score (nSPS) is 20.9. The van der Waals surface area contributed by atoms with Gasteiger partial charge in [-0.3, -0.25) is 4.79 Å². The Morgan fingerprint density at radius 1 is 1.29 bits per heavy atom. The summed E-state index contributed by atoms with van der Waals surface area (Å²) in [6.07, 6.45) is 1.59. The third-order valence-corrected chi connectivity index (χ3v) is 7.54. The minimum absolute atomic E-state index is 0.245. The Kier molecular flexibility index (Phi) is 5.22. The summed E-state index contributed by atoms with van der Waals surface area (Å²) >= 11 is 0. The van der Waals surface area contributed by atoms with Crippen molar-refractivity contribution in [2.24, 2.45) is 0 Å². The summed E-state index contributed by atoms with van der Waals surface area (Å²) in [6.45, 7) is 10.4. The molecule has 1 aromatic carbocycles. The Balaban J connectivity index is 1.94. The van der Waals surface area contributed by atoms with Crippen molar-refractivity contribution in [3.8, 4) is 0 Å². The van der Waals surface area contributed by atoms with E-state index >= 15 is 0 Å². The van der Waals surface area contributed by atoms with Crippen molar-refractivity contribution >= 4 is 14.9 Å². The molecule has 0 bridgehead atoms. The molecule has 1 aromatic rings. The number of nitrogens with zero attached hydrogens (tertiary/aromatic N) is 1. The highest BCUT2D eigenvalue weighted by molar-refractivity contribution is 6.53. The first-order valence-electron chi connectivity index (χ1n) is 7.83. The predicted octanol–water partition coefficient (Wildman–Crippen LogP) is 3.35. The quantitative estimate of drug-likeness (QED) is 0.781. The maximum Gasteiger partial charge on any atom is 0.223 e. The topological polar surface area (TPSA) is 29.5 Å². The molecule has 1 heterocycles. The summed E-state index contributed by atoms with van der Waals surface area (Å²) in [6, 6.07) is 10.5. The molecule has 0 radical (unpaired) electrons. The van der Waals surface area contributed by atoms with Gasteiger partial charge in [0.15, 0.2) is 9.04 Å². The van der Waals surface area contributed by atoms with Crippen LogP contribution in [0.15, 0.2) is 30.3 Å². The van der Waals surface area contributed by atoms with Crippen LogP contribution in [0.1, 0.15) is 39.2 Å². The number of carbonyl (C=O) groups is 1. The molecular weight excluding hydrogens is 278 g/mol. The van der Waals surface area contributed by atoms with E-state index in [1.54, 1.807) is 0 Å². The van der Waals surface area contributed by atoms with Crippen LogP contribution in [0.5, 0.6) is 0 Å². The summed E-state index contributed by atoms with van der Waals surface area (Å²) in [7, 11) is -1.22. The molecule has 1 aliphatic heterocycles. The van der Waals surface area contributed by atoms with E-state index in [9.17, 15) is 4.79 Å². The van der Waals surface area contributed by atoms with Crippen LogP contribution in [0, 0.1) is 0 Å². The highest BCUT2D eigenvalue weighted by atomic mass is 28.3. The number of amides is 1. The largest absolute Gasteiger partial charge is 0.418 e. The summed E-state index contributed by atoms with van der Waals surface area (Å²) in [5.41, 5.74) is 1.19. The molecule has 0 aliphatic carbocycles. The zero-order chi connectivity index (χ0) is 15.5. The monoisotopic (exact) mass is 305 g/mol. The van der Waals surface area contributed by atoms with Crippen molar-refractivity contribution < 1.29 is 9.22 Å². The molecule has 2 rings (SSSR count). The molecule has 0 spiro atoms. The third kappa shape index (κ3) is 4.42. The van der Waals surface area contributed by atoms with Crippen LogP contribution < -0.4 is 0 Å². The van der Waals surface area contributed by atoms with E-state index in [1.807, 2.05) is 23.1 Å².